The molecule has 0 heterocycles. The van der Waals surface area contributed by atoms with Crippen LogP contribution in [-0.2, 0) is 42.3 Å². The molecule has 0 saturated heterocycles. The molecule has 0 aliphatic rings. The molecular weight excluding hydrogens is 561 g/mol. The minimum Gasteiger partial charge on any atom is -0.462 e. The standard InChI is InChI=1S/C23H41ClN3O9PS/c1-16(2)36-21(30)17(3)26-37(32,34-11-12-38-22(31)23(4,5)6)35-14-18(33-8)13-19(24)27(7)10-9-20(29)25-15-28/h9-10,15-19H,11-14H2,1-8H3,(H,26,32)(H,25,28,29)/b10-9-. The summed E-state index contributed by atoms with van der Waals surface area (Å²) in [7, 11) is -1.02. The summed E-state index contributed by atoms with van der Waals surface area (Å²) >= 11 is 7.43. The molecule has 2 amide bonds. The predicted molar refractivity (Wildman–Crippen MR) is 146 cm³/mol. The molecule has 2 N–H and O–H groups in total. The van der Waals surface area contributed by atoms with Crippen LogP contribution in [0.3, 0.4) is 0 Å². The molecule has 15 heteroatoms. The zero-order valence-corrected chi connectivity index (χ0v) is 25.7. The highest BCUT2D eigenvalue weighted by atomic mass is 35.5. The molecule has 0 rings (SSSR count). The van der Waals surface area contributed by atoms with Crippen LogP contribution < -0.4 is 10.4 Å². The molecule has 0 aliphatic heterocycles. The average molecular weight is 602 g/mol. The van der Waals surface area contributed by atoms with E-state index in [-0.39, 0.29) is 43.0 Å². The second kappa shape index (κ2) is 18.0. The monoisotopic (exact) mass is 601 g/mol. The maximum atomic E-state index is 13.5. The Balaban J connectivity index is 5.27. The number of nitrogens with one attached hydrogen (secondary N) is 2. The summed E-state index contributed by atoms with van der Waals surface area (Å²) in [6, 6.07) is -1.01. The number of hydrogen-bond donors (Lipinski definition) is 2. The summed E-state index contributed by atoms with van der Waals surface area (Å²) in [4.78, 5) is 47.6. The van der Waals surface area contributed by atoms with Gasteiger partial charge >= 0.3 is 13.7 Å². The molecule has 0 aromatic carbocycles. The normalized spacial score (nSPS) is 15.9. The van der Waals surface area contributed by atoms with Gasteiger partial charge in [-0.1, -0.05) is 44.1 Å². The molecular formula is C23H41ClN3O9PS. The zero-order chi connectivity index (χ0) is 29.5. The van der Waals surface area contributed by atoms with Crippen molar-refractivity contribution in [1.29, 1.82) is 0 Å². The van der Waals surface area contributed by atoms with E-state index in [0.29, 0.717) is 0 Å². The van der Waals surface area contributed by atoms with Gasteiger partial charge in [0.05, 0.1) is 25.4 Å². The second-order valence-electron chi connectivity index (χ2n) is 9.48. The van der Waals surface area contributed by atoms with Crippen molar-refractivity contribution in [3.05, 3.63) is 12.3 Å². The van der Waals surface area contributed by atoms with Crippen LogP contribution in [0.5, 0.6) is 0 Å². The molecule has 12 nitrogen and oxygen atoms in total. The molecule has 0 radical (unpaired) electrons. The molecule has 4 atom stereocenters. The van der Waals surface area contributed by atoms with Crippen LogP contribution in [0.15, 0.2) is 12.3 Å². The van der Waals surface area contributed by atoms with E-state index in [9.17, 15) is 23.7 Å². The third kappa shape index (κ3) is 15.8. The number of carbonyl (C=O) groups excluding carboxylic acids is 4. The van der Waals surface area contributed by atoms with Crippen LogP contribution in [0, 0.1) is 5.41 Å². The Hall–Kier alpha value is -1.47. The summed E-state index contributed by atoms with van der Waals surface area (Å²) in [5.74, 6) is -1.03. The minimum atomic E-state index is -4.05. The number of imide groups is 1. The first-order valence-corrected chi connectivity index (χ1v) is 14.9. The van der Waals surface area contributed by atoms with Crippen LogP contribution in [0.4, 0.5) is 0 Å². The Morgan fingerprint density at radius 2 is 1.79 bits per heavy atom. The molecule has 0 spiro atoms. The van der Waals surface area contributed by atoms with Gasteiger partial charge in [0.15, 0.2) is 5.12 Å². The maximum Gasteiger partial charge on any atom is 0.406 e. The number of thioether (sulfide) groups is 1. The van der Waals surface area contributed by atoms with Gasteiger partial charge in [-0.3, -0.25) is 33.5 Å². The number of methoxy groups -OCH3 is 1. The lowest BCUT2D eigenvalue weighted by atomic mass is 10.00. The summed E-state index contributed by atoms with van der Waals surface area (Å²) in [6.45, 7) is 9.92. The maximum absolute atomic E-state index is 13.5. The van der Waals surface area contributed by atoms with Gasteiger partial charge in [-0.05, 0) is 20.8 Å². The fourth-order valence-corrected chi connectivity index (χ4v) is 5.10. The fraction of sp³-hybridized carbons (Fsp3) is 0.739. The van der Waals surface area contributed by atoms with E-state index in [4.69, 9.17) is 30.1 Å². The lowest BCUT2D eigenvalue weighted by Gasteiger charge is -2.27. The molecule has 0 saturated carbocycles. The van der Waals surface area contributed by atoms with Gasteiger partial charge in [0.1, 0.15) is 11.5 Å². The van der Waals surface area contributed by atoms with Crippen LogP contribution in [0.25, 0.3) is 0 Å². The second-order valence-corrected chi connectivity index (χ2v) is 12.8. The lowest BCUT2D eigenvalue weighted by molar-refractivity contribution is -0.149. The highest BCUT2D eigenvalue weighted by molar-refractivity contribution is 8.13. The Morgan fingerprint density at radius 3 is 2.32 bits per heavy atom. The summed E-state index contributed by atoms with van der Waals surface area (Å²) in [5, 5.41) is 4.50. The van der Waals surface area contributed by atoms with Crippen molar-refractivity contribution in [3.63, 3.8) is 0 Å². The number of carbonyl (C=O) groups is 4. The highest BCUT2D eigenvalue weighted by Gasteiger charge is 2.33. The van der Waals surface area contributed by atoms with E-state index in [0.717, 1.165) is 17.8 Å². The fourth-order valence-electron chi connectivity index (χ4n) is 2.43. The Labute approximate surface area is 234 Å². The van der Waals surface area contributed by atoms with Crippen molar-refractivity contribution in [2.45, 2.75) is 71.7 Å². The Kier molecular flexibility index (Phi) is 17.3. The smallest absolute Gasteiger partial charge is 0.406 e. The highest BCUT2D eigenvalue weighted by Crippen LogP contribution is 2.45. The van der Waals surface area contributed by atoms with Gasteiger partial charge in [0.2, 0.25) is 6.41 Å². The van der Waals surface area contributed by atoms with Crippen molar-refractivity contribution < 1.29 is 42.3 Å². The molecule has 38 heavy (non-hydrogen) atoms. The van der Waals surface area contributed by atoms with Gasteiger partial charge < -0.3 is 14.4 Å². The van der Waals surface area contributed by atoms with Gasteiger partial charge in [-0.25, -0.2) is 9.65 Å². The number of nitrogens with zero attached hydrogens (tertiary/aromatic N) is 1. The van der Waals surface area contributed by atoms with Crippen LogP contribution >= 0.6 is 31.1 Å². The number of rotatable bonds is 18. The van der Waals surface area contributed by atoms with Crippen molar-refractivity contribution in [2.24, 2.45) is 5.41 Å². The van der Waals surface area contributed by atoms with E-state index in [1.807, 2.05) is 5.32 Å². The van der Waals surface area contributed by atoms with Crippen molar-refractivity contribution >= 4 is 54.5 Å². The lowest BCUT2D eigenvalue weighted by Crippen LogP contribution is -2.36. The van der Waals surface area contributed by atoms with Gasteiger partial charge in [0.25, 0.3) is 5.91 Å². The molecule has 0 aliphatic carbocycles. The number of halogens is 1. The molecule has 0 aromatic heterocycles. The Bertz CT molecular complexity index is 854. The third-order valence-corrected chi connectivity index (χ3v) is 8.02. The SMILES string of the molecule is COC(COP(=O)(NC(C)C(=O)OC(C)C)OCCSC(=O)C(C)(C)C)CC(Cl)N(C)/C=C\C(=O)NC=O. The van der Waals surface area contributed by atoms with E-state index >= 15 is 0 Å². The number of esters is 1. The quantitative estimate of drug-likeness (QED) is 0.0452. The molecule has 0 fully saturated rings. The van der Waals surface area contributed by atoms with E-state index < -0.39 is 42.7 Å². The number of hydrogen-bond acceptors (Lipinski definition) is 11. The summed E-state index contributed by atoms with van der Waals surface area (Å²) < 4.78 is 35.1. The van der Waals surface area contributed by atoms with Crippen molar-refractivity contribution in [1.82, 2.24) is 15.3 Å². The summed E-state index contributed by atoms with van der Waals surface area (Å²) in [5.41, 5.74) is -1.19. The van der Waals surface area contributed by atoms with Gasteiger partial charge in [-0.2, -0.15) is 0 Å². The number of ether oxygens (including phenoxy) is 2. The Morgan fingerprint density at radius 1 is 1.16 bits per heavy atom. The molecule has 0 bridgehead atoms. The first-order chi connectivity index (χ1) is 17.5. The molecule has 4 unspecified atom stereocenters. The molecule has 220 valence electrons. The van der Waals surface area contributed by atoms with E-state index in [2.05, 4.69) is 5.09 Å². The van der Waals surface area contributed by atoms with Crippen molar-refractivity contribution in [3.8, 4) is 0 Å². The van der Waals surface area contributed by atoms with Crippen LogP contribution in [0.1, 0.15) is 48.0 Å². The van der Waals surface area contributed by atoms with E-state index in [1.54, 1.807) is 41.7 Å². The van der Waals surface area contributed by atoms with Gasteiger partial charge in [-0.15, -0.1) is 0 Å². The van der Waals surface area contributed by atoms with E-state index in [1.165, 1.54) is 25.1 Å². The largest absolute Gasteiger partial charge is 0.462 e. The predicted octanol–water partition coefficient (Wildman–Crippen LogP) is 3.05. The van der Waals surface area contributed by atoms with Crippen LogP contribution in [-0.4, -0.2) is 85.2 Å². The topological polar surface area (TPSA) is 150 Å². The summed E-state index contributed by atoms with van der Waals surface area (Å²) in [6.07, 6.45) is 1.95. The first-order valence-electron chi connectivity index (χ1n) is 11.9. The first kappa shape index (κ1) is 36.5. The average Bonchev–Trinajstić information content (AvgIpc) is 2.81. The van der Waals surface area contributed by atoms with Gasteiger partial charge in [0, 0.05) is 44.0 Å². The number of alkyl halides is 1. The van der Waals surface area contributed by atoms with Crippen LogP contribution in [0.2, 0.25) is 0 Å². The number of amides is 2. The van der Waals surface area contributed by atoms with Crippen molar-refractivity contribution in [2.75, 3.05) is 33.1 Å². The minimum absolute atomic E-state index is 0.0481. The third-order valence-electron chi connectivity index (χ3n) is 4.57. The zero-order valence-electron chi connectivity index (χ0n) is 23.2. The molecule has 0 aromatic rings.